The van der Waals surface area contributed by atoms with Gasteiger partial charge in [0.2, 0.25) is 11.9 Å². The van der Waals surface area contributed by atoms with Crippen LogP contribution in [0, 0.1) is 5.92 Å². The minimum atomic E-state index is -0.362. The summed E-state index contributed by atoms with van der Waals surface area (Å²) in [6, 6.07) is 15.4. The maximum atomic E-state index is 13.5. The number of piperidine rings is 1. The number of pyridine rings is 1. The van der Waals surface area contributed by atoms with E-state index in [1.807, 2.05) is 60.5 Å². The van der Waals surface area contributed by atoms with Crippen molar-refractivity contribution in [2.75, 3.05) is 56.0 Å². The van der Waals surface area contributed by atoms with E-state index in [1.165, 1.54) is 6.42 Å². The summed E-state index contributed by atoms with van der Waals surface area (Å²) >= 11 is 0. The lowest BCUT2D eigenvalue weighted by molar-refractivity contribution is -0.134. The van der Waals surface area contributed by atoms with Gasteiger partial charge in [0.25, 0.3) is 0 Å². The van der Waals surface area contributed by atoms with Gasteiger partial charge in [-0.2, -0.15) is 4.68 Å². The number of tetrazole rings is 1. The predicted octanol–water partition coefficient (Wildman–Crippen LogP) is 2.31. The Morgan fingerprint density at radius 2 is 1.86 bits per heavy atom. The molecule has 2 saturated heterocycles. The molecule has 4 heterocycles. The molecule has 2 fully saturated rings. The topological polar surface area (TPSA) is 95.3 Å². The van der Waals surface area contributed by atoms with Gasteiger partial charge < -0.3 is 15.1 Å². The number of hydrogen-bond acceptors (Lipinski definition) is 8. The predicted molar refractivity (Wildman–Crippen MR) is 139 cm³/mol. The van der Waals surface area contributed by atoms with Gasteiger partial charge >= 0.3 is 0 Å². The molecular formula is C26H35N9O. The minimum absolute atomic E-state index is 0.129. The second-order valence-corrected chi connectivity index (χ2v) is 9.62. The normalized spacial score (nSPS) is 19.8. The molecule has 2 unspecified atom stereocenters. The van der Waals surface area contributed by atoms with E-state index in [1.54, 1.807) is 4.68 Å². The molecule has 2 aromatic heterocycles. The van der Waals surface area contributed by atoms with Crippen molar-refractivity contribution >= 4 is 17.7 Å². The van der Waals surface area contributed by atoms with Crippen LogP contribution in [0.25, 0.3) is 5.69 Å². The molecule has 1 aromatic carbocycles. The van der Waals surface area contributed by atoms with Crippen molar-refractivity contribution in [1.82, 2.24) is 35.0 Å². The summed E-state index contributed by atoms with van der Waals surface area (Å²) in [5.74, 6) is 2.17. The Kier molecular flexibility index (Phi) is 7.70. The molecule has 10 nitrogen and oxygen atoms in total. The first-order valence-corrected chi connectivity index (χ1v) is 13.0. The van der Waals surface area contributed by atoms with Crippen LogP contribution in [0.2, 0.25) is 0 Å². The number of benzene rings is 1. The molecule has 2 aliphatic heterocycles. The molecule has 1 N–H and O–H groups in total. The fourth-order valence-corrected chi connectivity index (χ4v) is 5.21. The number of piperazine rings is 1. The van der Waals surface area contributed by atoms with Crippen LogP contribution in [0.1, 0.15) is 26.2 Å². The Morgan fingerprint density at radius 3 is 2.61 bits per heavy atom. The molecule has 5 rings (SSSR count). The fraction of sp³-hybridized carbons (Fsp3) is 0.500. The number of nitrogens with one attached hydrogen (secondary N) is 1. The monoisotopic (exact) mass is 489 g/mol. The maximum absolute atomic E-state index is 13.5. The van der Waals surface area contributed by atoms with Gasteiger partial charge in [0.05, 0.1) is 5.69 Å². The highest BCUT2D eigenvalue weighted by Crippen LogP contribution is 2.22. The number of aromatic nitrogens is 5. The number of para-hydroxylation sites is 1. The molecule has 10 heteroatoms. The zero-order chi connectivity index (χ0) is 24.7. The quantitative estimate of drug-likeness (QED) is 0.515. The number of carbonyl (C=O) groups is 1. The molecule has 0 bridgehead atoms. The summed E-state index contributed by atoms with van der Waals surface area (Å²) < 4.78 is 1.64. The van der Waals surface area contributed by atoms with Gasteiger partial charge in [0.1, 0.15) is 11.9 Å². The molecule has 2 aliphatic rings. The van der Waals surface area contributed by atoms with Crippen molar-refractivity contribution in [3.05, 3.63) is 54.7 Å². The summed E-state index contributed by atoms with van der Waals surface area (Å²) in [6.07, 6.45) is 4.73. The first kappa shape index (κ1) is 24.2. The van der Waals surface area contributed by atoms with E-state index in [9.17, 15) is 4.79 Å². The smallest absolute Gasteiger partial charge is 0.248 e. The summed E-state index contributed by atoms with van der Waals surface area (Å²) in [5.41, 5.74) is 0.855. The summed E-state index contributed by atoms with van der Waals surface area (Å²) in [7, 11) is 0. The third kappa shape index (κ3) is 5.64. The second-order valence-electron chi connectivity index (χ2n) is 9.62. The molecule has 0 spiro atoms. The third-order valence-electron chi connectivity index (χ3n) is 7.17. The third-order valence-corrected chi connectivity index (χ3v) is 7.17. The Balaban J connectivity index is 1.15. The molecule has 0 aliphatic carbocycles. The summed E-state index contributed by atoms with van der Waals surface area (Å²) in [5, 5.41) is 15.4. The SMILES string of the molecule is CCC(Nc1nnnn1-c1ccccc1)C(=O)N1CCCC(CN2CCN(c3ccccn3)CC2)C1. The number of amides is 1. The molecule has 3 aromatic rings. The zero-order valence-corrected chi connectivity index (χ0v) is 20.9. The second kappa shape index (κ2) is 11.5. The van der Waals surface area contributed by atoms with Crippen molar-refractivity contribution in [1.29, 1.82) is 0 Å². The maximum Gasteiger partial charge on any atom is 0.248 e. The lowest BCUT2D eigenvalue weighted by atomic mass is 9.96. The summed E-state index contributed by atoms with van der Waals surface area (Å²) in [6.45, 7) is 8.72. The van der Waals surface area contributed by atoms with Crippen molar-refractivity contribution in [3.63, 3.8) is 0 Å². The van der Waals surface area contributed by atoms with Crippen LogP contribution in [0.4, 0.5) is 11.8 Å². The fourth-order valence-electron chi connectivity index (χ4n) is 5.21. The molecule has 0 radical (unpaired) electrons. The van der Waals surface area contributed by atoms with Crippen LogP contribution in [0.15, 0.2) is 54.7 Å². The average molecular weight is 490 g/mol. The lowest BCUT2D eigenvalue weighted by Crippen LogP contribution is -2.52. The highest BCUT2D eigenvalue weighted by Gasteiger charge is 2.30. The highest BCUT2D eigenvalue weighted by molar-refractivity contribution is 5.84. The Morgan fingerprint density at radius 1 is 1.06 bits per heavy atom. The number of carbonyl (C=O) groups excluding carboxylic acids is 1. The van der Waals surface area contributed by atoms with E-state index in [-0.39, 0.29) is 11.9 Å². The van der Waals surface area contributed by atoms with E-state index in [0.29, 0.717) is 18.3 Å². The van der Waals surface area contributed by atoms with Crippen LogP contribution in [-0.4, -0.2) is 92.8 Å². The van der Waals surface area contributed by atoms with Crippen molar-refractivity contribution in [3.8, 4) is 5.69 Å². The molecule has 0 saturated carbocycles. The van der Waals surface area contributed by atoms with Crippen LogP contribution in [0.3, 0.4) is 0 Å². The van der Waals surface area contributed by atoms with E-state index in [2.05, 4.69) is 41.7 Å². The standard InChI is InChI=1S/C26H35N9O/c1-2-23(28-26-29-30-31-35(26)22-10-4-3-5-11-22)25(36)34-14-8-9-21(20-34)19-32-15-17-33(18-16-32)24-12-6-7-13-27-24/h3-7,10-13,21,23H,2,8-9,14-20H2,1H3,(H,28,29,31). The van der Waals surface area contributed by atoms with E-state index >= 15 is 0 Å². The van der Waals surface area contributed by atoms with Crippen LogP contribution < -0.4 is 10.2 Å². The van der Waals surface area contributed by atoms with Crippen molar-refractivity contribution in [2.24, 2.45) is 5.92 Å². The number of anilines is 2. The molecular weight excluding hydrogens is 454 g/mol. The molecule has 1 amide bonds. The van der Waals surface area contributed by atoms with Gasteiger partial charge in [-0.1, -0.05) is 36.3 Å². The lowest BCUT2D eigenvalue weighted by Gasteiger charge is -2.40. The number of rotatable bonds is 8. The molecule has 190 valence electrons. The van der Waals surface area contributed by atoms with Gasteiger partial charge in [-0.3, -0.25) is 9.69 Å². The Hall–Kier alpha value is -3.53. The van der Waals surface area contributed by atoms with Gasteiger partial charge in [0, 0.05) is 52.0 Å². The van der Waals surface area contributed by atoms with Gasteiger partial charge in [0.15, 0.2) is 0 Å². The Labute approximate surface area is 212 Å². The van der Waals surface area contributed by atoms with Crippen LogP contribution in [0.5, 0.6) is 0 Å². The number of nitrogens with zero attached hydrogens (tertiary/aromatic N) is 8. The first-order valence-electron chi connectivity index (χ1n) is 13.0. The Bertz CT molecular complexity index is 1100. The zero-order valence-electron chi connectivity index (χ0n) is 20.9. The minimum Gasteiger partial charge on any atom is -0.354 e. The van der Waals surface area contributed by atoms with Crippen LogP contribution in [-0.2, 0) is 4.79 Å². The van der Waals surface area contributed by atoms with Crippen molar-refractivity contribution < 1.29 is 4.79 Å². The van der Waals surface area contributed by atoms with Gasteiger partial charge in [-0.15, -0.1) is 0 Å². The number of likely N-dealkylation sites (tertiary alicyclic amines) is 1. The molecule has 36 heavy (non-hydrogen) atoms. The van der Waals surface area contributed by atoms with Crippen molar-refractivity contribution in [2.45, 2.75) is 32.2 Å². The van der Waals surface area contributed by atoms with Gasteiger partial charge in [-0.05, 0) is 59.9 Å². The number of hydrogen-bond donors (Lipinski definition) is 1. The first-order chi connectivity index (χ1) is 17.7. The van der Waals surface area contributed by atoms with E-state index in [4.69, 9.17) is 0 Å². The van der Waals surface area contributed by atoms with Gasteiger partial charge in [-0.25, -0.2) is 4.98 Å². The molecule has 2 atom stereocenters. The summed E-state index contributed by atoms with van der Waals surface area (Å²) in [4.78, 5) is 24.9. The largest absolute Gasteiger partial charge is 0.354 e. The van der Waals surface area contributed by atoms with Crippen LogP contribution >= 0.6 is 0 Å². The van der Waals surface area contributed by atoms with E-state index in [0.717, 1.165) is 63.7 Å². The highest BCUT2D eigenvalue weighted by atomic mass is 16.2. The van der Waals surface area contributed by atoms with E-state index < -0.39 is 0 Å². The average Bonchev–Trinajstić information content (AvgIpc) is 3.41.